The van der Waals surface area contributed by atoms with Gasteiger partial charge in [-0.05, 0) is 31.7 Å². The number of nitrogens with one attached hydrogen (secondary N) is 1. The Balaban J connectivity index is 1.76. The first-order valence-electron chi connectivity index (χ1n) is 6.69. The molecule has 2 rings (SSSR count). The second kappa shape index (κ2) is 7.38. The number of hydrazine groups is 1. The van der Waals surface area contributed by atoms with Crippen molar-refractivity contribution in [3.8, 4) is 0 Å². The van der Waals surface area contributed by atoms with Crippen LogP contribution in [0.25, 0.3) is 0 Å². The Labute approximate surface area is 118 Å². The van der Waals surface area contributed by atoms with Crippen LogP contribution in [0.3, 0.4) is 0 Å². The predicted octanol–water partition coefficient (Wildman–Crippen LogP) is 2.85. The Hall–Kier alpha value is -1.23. The molecule has 1 atom stereocenters. The lowest BCUT2D eigenvalue weighted by Crippen LogP contribution is -2.36. The molecule has 1 heterocycles. The normalized spacial score (nSPS) is 12.5. The van der Waals surface area contributed by atoms with Crippen molar-refractivity contribution in [2.24, 2.45) is 5.84 Å². The van der Waals surface area contributed by atoms with Gasteiger partial charge in [-0.2, -0.15) is 0 Å². The monoisotopic (exact) mass is 275 g/mol. The van der Waals surface area contributed by atoms with Crippen molar-refractivity contribution >= 4 is 11.3 Å². The molecule has 3 nitrogen and oxygen atoms in total. The summed E-state index contributed by atoms with van der Waals surface area (Å²) in [4.78, 5) is 4.49. The fourth-order valence-corrected chi connectivity index (χ4v) is 2.82. The summed E-state index contributed by atoms with van der Waals surface area (Å²) in [6, 6.07) is 10.9. The average molecular weight is 275 g/mol. The van der Waals surface area contributed by atoms with Crippen molar-refractivity contribution in [2.75, 3.05) is 0 Å². The summed E-state index contributed by atoms with van der Waals surface area (Å²) < 4.78 is 0. The summed E-state index contributed by atoms with van der Waals surface area (Å²) >= 11 is 1.70. The third kappa shape index (κ3) is 4.74. The van der Waals surface area contributed by atoms with Crippen LogP contribution in [0.1, 0.15) is 29.1 Å². The van der Waals surface area contributed by atoms with E-state index in [1.165, 1.54) is 5.56 Å². The number of rotatable bonds is 7. The lowest BCUT2D eigenvalue weighted by molar-refractivity contribution is 0.473. The zero-order valence-electron chi connectivity index (χ0n) is 11.3. The number of nitrogens with two attached hydrogens (primary N) is 1. The first-order chi connectivity index (χ1) is 9.28. The van der Waals surface area contributed by atoms with Crippen LogP contribution in [0.15, 0.2) is 35.7 Å². The van der Waals surface area contributed by atoms with E-state index in [4.69, 9.17) is 5.84 Å². The van der Waals surface area contributed by atoms with E-state index < -0.39 is 0 Å². The molecule has 0 aliphatic carbocycles. The smallest absolute Gasteiger partial charge is 0.0897 e. The molecule has 102 valence electrons. The van der Waals surface area contributed by atoms with Crippen molar-refractivity contribution in [3.05, 3.63) is 52.0 Å². The second-order valence-electron chi connectivity index (χ2n) is 4.80. The van der Waals surface area contributed by atoms with Gasteiger partial charge in [0.05, 0.1) is 10.7 Å². The van der Waals surface area contributed by atoms with Gasteiger partial charge in [0.1, 0.15) is 0 Å². The van der Waals surface area contributed by atoms with E-state index in [9.17, 15) is 0 Å². The topological polar surface area (TPSA) is 50.9 Å². The van der Waals surface area contributed by atoms with Gasteiger partial charge in [-0.3, -0.25) is 11.3 Å². The molecule has 0 amide bonds. The minimum absolute atomic E-state index is 0.310. The van der Waals surface area contributed by atoms with Gasteiger partial charge in [0, 0.05) is 17.8 Å². The van der Waals surface area contributed by atoms with Crippen molar-refractivity contribution < 1.29 is 0 Å². The van der Waals surface area contributed by atoms with Crippen molar-refractivity contribution in [1.29, 1.82) is 0 Å². The van der Waals surface area contributed by atoms with Crippen LogP contribution in [0.5, 0.6) is 0 Å². The Morgan fingerprint density at radius 2 is 2.11 bits per heavy atom. The summed E-state index contributed by atoms with van der Waals surface area (Å²) in [7, 11) is 0. The van der Waals surface area contributed by atoms with Crippen LogP contribution in [-0.2, 0) is 12.8 Å². The highest BCUT2D eigenvalue weighted by Crippen LogP contribution is 2.13. The van der Waals surface area contributed by atoms with E-state index in [1.54, 1.807) is 11.3 Å². The third-order valence-electron chi connectivity index (χ3n) is 3.22. The molecule has 1 unspecified atom stereocenters. The highest BCUT2D eigenvalue weighted by molar-refractivity contribution is 7.09. The molecular weight excluding hydrogens is 254 g/mol. The van der Waals surface area contributed by atoms with Crippen LogP contribution in [0, 0.1) is 6.92 Å². The highest BCUT2D eigenvalue weighted by Gasteiger charge is 2.09. The average Bonchev–Trinajstić information content (AvgIpc) is 2.84. The maximum Gasteiger partial charge on any atom is 0.0897 e. The van der Waals surface area contributed by atoms with Gasteiger partial charge in [0.2, 0.25) is 0 Å². The largest absolute Gasteiger partial charge is 0.271 e. The standard InChI is InChI=1S/C15H21N3S/c1-12-17-15(11-19-12)10-14(18-16)9-5-8-13-6-3-2-4-7-13/h2-4,6-7,11,14,18H,5,8-10,16H2,1H3. The molecule has 0 bridgehead atoms. The number of hydrogen-bond acceptors (Lipinski definition) is 4. The third-order valence-corrected chi connectivity index (χ3v) is 4.04. The van der Waals surface area contributed by atoms with E-state index in [0.29, 0.717) is 6.04 Å². The van der Waals surface area contributed by atoms with Crippen LogP contribution < -0.4 is 11.3 Å². The quantitative estimate of drug-likeness (QED) is 0.603. The number of thiazole rings is 1. The summed E-state index contributed by atoms with van der Waals surface area (Å²) in [5, 5.41) is 3.24. The Morgan fingerprint density at radius 1 is 1.32 bits per heavy atom. The maximum atomic E-state index is 5.63. The first-order valence-corrected chi connectivity index (χ1v) is 7.57. The SMILES string of the molecule is Cc1nc(CC(CCCc2ccccc2)NN)cs1. The van der Waals surface area contributed by atoms with Gasteiger partial charge in [-0.25, -0.2) is 4.98 Å². The van der Waals surface area contributed by atoms with Gasteiger partial charge in [-0.15, -0.1) is 11.3 Å². The van der Waals surface area contributed by atoms with Gasteiger partial charge in [-0.1, -0.05) is 30.3 Å². The maximum absolute atomic E-state index is 5.63. The Bertz CT molecular complexity index is 481. The number of aryl methyl sites for hydroxylation is 2. The van der Waals surface area contributed by atoms with Crippen molar-refractivity contribution in [3.63, 3.8) is 0 Å². The molecule has 0 spiro atoms. The van der Waals surface area contributed by atoms with Gasteiger partial charge in [0.15, 0.2) is 0 Å². The molecule has 0 saturated carbocycles. The molecule has 0 saturated heterocycles. The zero-order valence-corrected chi connectivity index (χ0v) is 12.1. The van der Waals surface area contributed by atoms with Gasteiger partial charge < -0.3 is 0 Å². The van der Waals surface area contributed by atoms with Crippen molar-refractivity contribution in [1.82, 2.24) is 10.4 Å². The molecule has 2 aromatic rings. The summed E-state index contributed by atoms with van der Waals surface area (Å²) in [6.07, 6.45) is 4.23. The molecule has 4 heteroatoms. The number of aromatic nitrogens is 1. The minimum Gasteiger partial charge on any atom is -0.271 e. The van der Waals surface area contributed by atoms with Gasteiger partial charge >= 0.3 is 0 Å². The summed E-state index contributed by atoms with van der Waals surface area (Å²) in [6.45, 7) is 2.04. The molecule has 1 aromatic heterocycles. The number of nitrogens with zero attached hydrogens (tertiary/aromatic N) is 1. The van der Waals surface area contributed by atoms with Crippen LogP contribution >= 0.6 is 11.3 Å². The highest BCUT2D eigenvalue weighted by atomic mass is 32.1. The van der Waals surface area contributed by atoms with E-state index in [1.807, 2.05) is 6.92 Å². The molecule has 3 N–H and O–H groups in total. The summed E-state index contributed by atoms with van der Waals surface area (Å²) in [5.41, 5.74) is 5.45. The molecule has 0 aliphatic heterocycles. The van der Waals surface area contributed by atoms with E-state index in [2.05, 4.69) is 46.1 Å². The lowest BCUT2D eigenvalue weighted by Gasteiger charge is -2.14. The van der Waals surface area contributed by atoms with Gasteiger partial charge in [0.25, 0.3) is 0 Å². The van der Waals surface area contributed by atoms with E-state index in [-0.39, 0.29) is 0 Å². The Morgan fingerprint density at radius 3 is 2.74 bits per heavy atom. The molecule has 0 radical (unpaired) electrons. The Kier molecular flexibility index (Phi) is 5.51. The van der Waals surface area contributed by atoms with E-state index in [0.717, 1.165) is 36.4 Å². The fraction of sp³-hybridized carbons (Fsp3) is 0.400. The van der Waals surface area contributed by atoms with Crippen LogP contribution in [0.4, 0.5) is 0 Å². The predicted molar refractivity (Wildman–Crippen MR) is 81.0 cm³/mol. The minimum atomic E-state index is 0.310. The van der Waals surface area contributed by atoms with Crippen LogP contribution in [0.2, 0.25) is 0 Å². The zero-order chi connectivity index (χ0) is 13.5. The van der Waals surface area contributed by atoms with Crippen LogP contribution in [-0.4, -0.2) is 11.0 Å². The van der Waals surface area contributed by atoms with E-state index >= 15 is 0 Å². The number of hydrogen-bond donors (Lipinski definition) is 2. The molecular formula is C15H21N3S. The first kappa shape index (κ1) is 14.2. The lowest BCUT2D eigenvalue weighted by atomic mass is 10.0. The molecule has 19 heavy (non-hydrogen) atoms. The second-order valence-corrected chi connectivity index (χ2v) is 5.87. The molecule has 0 aliphatic rings. The molecule has 0 fully saturated rings. The van der Waals surface area contributed by atoms with Crippen molar-refractivity contribution in [2.45, 2.75) is 38.6 Å². The fourth-order valence-electron chi connectivity index (χ4n) is 2.20. The number of benzene rings is 1. The molecule has 1 aromatic carbocycles. The summed E-state index contributed by atoms with van der Waals surface area (Å²) in [5.74, 6) is 5.63.